The van der Waals surface area contributed by atoms with Crippen molar-refractivity contribution in [2.75, 3.05) is 13.2 Å². The normalized spacial score (nSPS) is 11.9. The lowest BCUT2D eigenvalue weighted by atomic mass is 10.1. The Bertz CT molecular complexity index is 984. The average Bonchev–Trinajstić information content (AvgIpc) is 2.71. The van der Waals surface area contributed by atoms with Crippen molar-refractivity contribution in [1.29, 1.82) is 5.26 Å². The fourth-order valence-electron chi connectivity index (χ4n) is 2.33. The number of ether oxygens (including phenoxy) is 1. The smallest absolute Gasteiger partial charge is 0.321 e. The summed E-state index contributed by atoms with van der Waals surface area (Å²) in [7, 11) is -4.07. The summed E-state index contributed by atoms with van der Waals surface area (Å²) in [5, 5.41) is 11.7. The summed E-state index contributed by atoms with van der Waals surface area (Å²) in [6.45, 7) is 0.589. The summed E-state index contributed by atoms with van der Waals surface area (Å²) in [5.41, 5.74) is 0.851. The van der Waals surface area contributed by atoms with Crippen molar-refractivity contribution >= 4 is 21.9 Å². The minimum atomic E-state index is -4.07. The summed E-state index contributed by atoms with van der Waals surface area (Å²) in [6, 6.07) is 16.3. The summed E-state index contributed by atoms with van der Waals surface area (Å²) in [5.74, 6) is -1.43. The van der Waals surface area contributed by atoms with Crippen LogP contribution in [0.25, 0.3) is 0 Å². The van der Waals surface area contributed by atoms with E-state index in [4.69, 9.17) is 10.00 Å². The van der Waals surface area contributed by atoms with E-state index in [1.54, 1.807) is 13.0 Å². The largest absolute Gasteiger partial charge is 0.455 e. The molecule has 1 amide bonds. The fourth-order valence-corrected chi connectivity index (χ4v) is 3.45. The van der Waals surface area contributed by atoms with E-state index in [1.165, 1.54) is 24.3 Å². The van der Waals surface area contributed by atoms with Crippen LogP contribution in [-0.2, 0) is 24.3 Å². The molecule has 0 saturated carbocycles. The molecule has 0 aromatic heterocycles. The molecule has 0 aliphatic rings. The van der Waals surface area contributed by atoms with E-state index in [9.17, 15) is 18.0 Å². The molecule has 0 saturated heterocycles. The van der Waals surface area contributed by atoms with Crippen LogP contribution in [0.2, 0.25) is 0 Å². The third-order valence-corrected chi connectivity index (χ3v) is 5.20. The van der Waals surface area contributed by atoms with Crippen molar-refractivity contribution in [3.05, 3.63) is 65.7 Å². The molecule has 2 aromatic rings. The molecule has 0 aliphatic heterocycles. The van der Waals surface area contributed by atoms with E-state index in [1.807, 2.05) is 30.3 Å². The fraction of sp³-hybridized carbons (Fsp3) is 0.211. The molecule has 0 aliphatic carbocycles. The van der Waals surface area contributed by atoms with Gasteiger partial charge < -0.3 is 10.1 Å². The lowest BCUT2D eigenvalue weighted by Gasteiger charge is -2.14. The van der Waals surface area contributed by atoms with Gasteiger partial charge in [0, 0.05) is 0 Å². The summed E-state index contributed by atoms with van der Waals surface area (Å²) in [4.78, 5) is 23.4. The first kappa shape index (κ1) is 21.1. The minimum Gasteiger partial charge on any atom is -0.455 e. The number of sulfonamides is 1. The molecule has 146 valence electrons. The van der Waals surface area contributed by atoms with Gasteiger partial charge in [-0.2, -0.15) is 9.98 Å². The molecule has 0 unspecified atom stereocenters. The van der Waals surface area contributed by atoms with Gasteiger partial charge in [0.25, 0.3) is 5.91 Å². The lowest BCUT2D eigenvalue weighted by molar-refractivity contribution is -0.147. The summed E-state index contributed by atoms with van der Waals surface area (Å²) in [6.07, 6.45) is 0. The number of esters is 1. The van der Waals surface area contributed by atoms with Crippen molar-refractivity contribution in [3.63, 3.8) is 0 Å². The van der Waals surface area contributed by atoms with Crippen LogP contribution in [0, 0.1) is 11.3 Å². The van der Waals surface area contributed by atoms with Gasteiger partial charge in [-0.05, 0) is 24.6 Å². The van der Waals surface area contributed by atoms with Crippen molar-refractivity contribution in [3.8, 4) is 6.07 Å². The Labute approximate surface area is 163 Å². The van der Waals surface area contributed by atoms with Gasteiger partial charge >= 0.3 is 5.97 Å². The van der Waals surface area contributed by atoms with Crippen LogP contribution in [0.1, 0.15) is 24.1 Å². The third-order valence-electron chi connectivity index (χ3n) is 3.74. The second-order valence-electron chi connectivity index (χ2n) is 5.79. The average molecular weight is 401 g/mol. The first-order valence-corrected chi connectivity index (χ1v) is 9.80. The first-order chi connectivity index (χ1) is 13.3. The molecule has 2 N–H and O–H groups in total. The summed E-state index contributed by atoms with van der Waals surface area (Å²) < 4.78 is 31.3. The Morgan fingerprint density at radius 3 is 2.43 bits per heavy atom. The number of benzene rings is 2. The Morgan fingerprint density at radius 1 is 1.11 bits per heavy atom. The van der Waals surface area contributed by atoms with E-state index in [-0.39, 0.29) is 16.5 Å². The molecule has 2 aromatic carbocycles. The van der Waals surface area contributed by atoms with E-state index in [2.05, 4.69) is 10.0 Å². The number of nitriles is 1. The highest BCUT2D eigenvalue weighted by Crippen LogP contribution is 2.14. The van der Waals surface area contributed by atoms with Gasteiger partial charge in [0.1, 0.15) is 12.6 Å². The molecule has 0 radical (unpaired) electrons. The zero-order chi connectivity index (χ0) is 20.6. The second kappa shape index (κ2) is 9.64. The Kier molecular flexibility index (Phi) is 7.26. The molecule has 0 spiro atoms. The topological polar surface area (TPSA) is 125 Å². The number of nitrogens with zero attached hydrogens (tertiary/aromatic N) is 1. The van der Waals surface area contributed by atoms with Crippen LogP contribution in [0.3, 0.4) is 0 Å². The molecule has 2 rings (SSSR count). The van der Waals surface area contributed by atoms with Crippen LogP contribution < -0.4 is 10.0 Å². The zero-order valence-corrected chi connectivity index (χ0v) is 15.9. The van der Waals surface area contributed by atoms with Gasteiger partial charge in [-0.3, -0.25) is 9.59 Å². The molecule has 0 heterocycles. The van der Waals surface area contributed by atoms with Gasteiger partial charge in [-0.15, -0.1) is 0 Å². The SMILES string of the molecule is C[C@@H](NC(=O)COC(=O)CNS(=O)(=O)c1ccccc1C#N)c1ccccc1. The molecular weight excluding hydrogens is 382 g/mol. The standard InChI is InChI=1S/C19H19N3O5S/c1-14(15-7-3-2-4-8-15)22-18(23)13-27-19(24)12-21-28(25,26)17-10-6-5-9-16(17)11-20/h2-10,14,21H,12-13H2,1H3,(H,22,23)/t14-/m1/s1. The van der Waals surface area contributed by atoms with Crippen molar-refractivity contribution in [1.82, 2.24) is 10.0 Å². The zero-order valence-electron chi connectivity index (χ0n) is 15.1. The van der Waals surface area contributed by atoms with Crippen LogP contribution in [-0.4, -0.2) is 33.4 Å². The lowest BCUT2D eigenvalue weighted by Crippen LogP contribution is -2.35. The van der Waals surface area contributed by atoms with Crippen LogP contribution in [0.5, 0.6) is 0 Å². The monoisotopic (exact) mass is 401 g/mol. The molecular formula is C19H19N3O5S. The maximum atomic E-state index is 12.2. The Balaban J connectivity index is 1.82. The number of rotatable bonds is 8. The van der Waals surface area contributed by atoms with Gasteiger partial charge in [0.05, 0.1) is 16.5 Å². The van der Waals surface area contributed by atoms with E-state index < -0.39 is 35.1 Å². The van der Waals surface area contributed by atoms with Gasteiger partial charge in [0.2, 0.25) is 10.0 Å². The highest BCUT2D eigenvalue weighted by atomic mass is 32.2. The number of nitrogens with one attached hydrogen (secondary N) is 2. The van der Waals surface area contributed by atoms with Crippen LogP contribution in [0.4, 0.5) is 0 Å². The number of hydrogen-bond donors (Lipinski definition) is 2. The second-order valence-corrected chi connectivity index (χ2v) is 7.53. The van der Waals surface area contributed by atoms with Gasteiger partial charge in [0.15, 0.2) is 6.61 Å². The quantitative estimate of drug-likeness (QED) is 0.642. The third kappa shape index (κ3) is 5.90. The highest BCUT2D eigenvalue weighted by molar-refractivity contribution is 7.89. The van der Waals surface area contributed by atoms with Crippen molar-refractivity contribution in [2.45, 2.75) is 17.9 Å². The number of carbonyl (C=O) groups excluding carboxylic acids is 2. The molecule has 1 atom stereocenters. The number of hydrogen-bond acceptors (Lipinski definition) is 6. The maximum Gasteiger partial charge on any atom is 0.321 e. The van der Waals surface area contributed by atoms with Crippen molar-refractivity contribution in [2.24, 2.45) is 0 Å². The Morgan fingerprint density at radius 2 is 1.75 bits per heavy atom. The van der Waals surface area contributed by atoms with Gasteiger partial charge in [-0.25, -0.2) is 8.42 Å². The number of amides is 1. The molecule has 9 heteroatoms. The molecule has 28 heavy (non-hydrogen) atoms. The van der Waals surface area contributed by atoms with Gasteiger partial charge in [-0.1, -0.05) is 42.5 Å². The van der Waals surface area contributed by atoms with Crippen LogP contribution >= 0.6 is 0 Å². The minimum absolute atomic E-state index is 0.0438. The van der Waals surface area contributed by atoms with E-state index in [0.29, 0.717) is 0 Å². The maximum absolute atomic E-state index is 12.2. The highest BCUT2D eigenvalue weighted by Gasteiger charge is 2.20. The summed E-state index contributed by atoms with van der Waals surface area (Å²) >= 11 is 0. The van der Waals surface area contributed by atoms with E-state index in [0.717, 1.165) is 5.56 Å². The number of carbonyl (C=O) groups is 2. The predicted octanol–water partition coefficient (Wildman–Crippen LogP) is 1.26. The van der Waals surface area contributed by atoms with Crippen LogP contribution in [0.15, 0.2) is 59.5 Å². The predicted molar refractivity (Wildman–Crippen MR) is 100 cm³/mol. The molecule has 0 bridgehead atoms. The first-order valence-electron chi connectivity index (χ1n) is 8.32. The molecule has 8 nitrogen and oxygen atoms in total. The Hall–Kier alpha value is -3.22. The molecule has 0 fully saturated rings. The van der Waals surface area contributed by atoms with Crippen molar-refractivity contribution < 1.29 is 22.7 Å². The van der Waals surface area contributed by atoms with E-state index >= 15 is 0 Å².